The molecule has 2 fully saturated rings. The first-order valence-corrected chi connectivity index (χ1v) is 7.60. The van der Waals surface area contributed by atoms with Crippen molar-refractivity contribution in [3.8, 4) is 0 Å². The Kier molecular flexibility index (Phi) is 4.33. The van der Waals surface area contributed by atoms with Gasteiger partial charge >= 0.3 is 5.97 Å². The van der Waals surface area contributed by atoms with Gasteiger partial charge in [-0.25, -0.2) is 14.8 Å². The van der Waals surface area contributed by atoms with E-state index in [1.54, 1.807) is 12.4 Å². The van der Waals surface area contributed by atoms with Crippen LogP contribution in [0.25, 0.3) is 0 Å². The summed E-state index contributed by atoms with van der Waals surface area (Å²) in [5.41, 5.74) is 0.973. The number of hydrogen-bond donors (Lipinski definition) is 2. The van der Waals surface area contributed by atoms with Gasteiger partial charge in [-0.1, -0.05) is 0 Å². The SMILES string of the molecule is O=C(NCCc1cnc(C2CC2)nc1)[C@@H]1CC[C@H](C(=O)O)O1. The van der Waals surface area contributed by atoms with Gasteiger partial charge in [-0.3, -0.25) is 4.79 Å². The molecule has 0 radical (unpaired) electrons. The van der Waals surface area contributed by atoms with Gasteiger partial charge < -0.3 is 15.2 Å². The molecule has 0 bridgehead atoms. The molecule has 0 aromatic carbocycles. The normalized spacial score (nSPS) is 24.2. The molecule has 1 aliphatic heterocycles. The largest absolute Gasteiger partial charge is 0.479 e. The number of rotatable bonds is 6. The van der Waals surface area contributed by atoms with Gasteiger partial charge in [-0.15, -0.1) is 0 Å². The van der Waals surface area contributed by atoms with Gasteiger partial charge in [0.25, 0.3) is 0 Å². The first kappa shape index (κ1) is 14.9. The van der Waals surface area contributed by atoms with E-state index in [1.165, 1.54) is 12.8 Å². The molecule has 1 aliphatic carbocycles. The van der Waals surface area contributed by atoms with Crippen molar-refractivity contribution in [2.45, 2.75) is 50.2 Å². The predicted octanol–water partition coefficient (Wildman–Crippen LogP) is 0.645. The highest BCUT2D eigenvalue weighted by atomic mass is 16.5. The number of nitrogens with zero attached hydrogens (tertiary/aromatic N) is 2. The summed E-state index contributed by atoms with van der Waals surface area (Å²) in [6.45, 7) is 0.461. The van der Waals surface area contributed by atoms with Crippen molar-refractivity contribution in [3.63, 3.8) is 0 Å². The molecule has 22 heavy (non-hydrogen) atoms. The van der Waals surface area contributed by atoms with Crippen molar-refractivity contribution in [1.29, 1.82) is 0 Å². The third-order valence-electron chi connectivity index (χ3n) is 3.97. The number of nitrogens with one attached hydrogen (secondary N) is 1. The van der Waals surface area contributed by atoms with Crippen LogP contribution in [0, 0.1) is 0 Å². The number of aliphatic carboxylic acids is 1. The Balaban J connectivity index is 1.40. The van der Waals surface area contributed by atoms with Crippen LogP contribution in [-0.2, 0) is 20.7 Å². The average molecular weight is 305 g/mol. The summed E-state index contributed by atoms with van der Waals surface area (Å²) in [6, 6.07) is 0. The summed E-state index contributed by atoms with van der Waals surface area (Å²) >= 11 is 0. The van der Waals surface area contributed by atoms with Gasteiger partial charge in [0, 0.05) is 24.9 Å². The minimum Gasteiger partial charge on any atom is -0.479 e. The van der Waals surface area contributed by atoms with Crippen LogP contribution in [0.3, 0.4) is 0 Å². The van der Waals surface area contributed by atoms with E-state index >= 15 is 0 Å². The molecule has 2 N–H and O–H groups in total. The lowest BCUT2D eigenvalue weighted by atomic mass is 10.2. The number of carboxylic acids is 1. The van der Waals surface area contributed by atoms with Crippen LogP contribution < -0.4 is 5.32 Å². The number of hydrogen-bond acceptors (Lipinski definition) is 5. The molecule has 1 aromatic rings. The van der Waals surface area contributed by atoms with Crippen molar-refractivity contribution in [3.05, 3.63) is 23.8 Å². The van der Waals surface area contributed by atoms with Gasteiger partial charge in [0.15, 0.2) is 6.10 Å². The fourth-order valence-corrected chi connectivity index (χ4v) is 2.50. The summed E-state index contributed by atoms with van der Waals surface area (Å²) < 4.78 is 5.20. The summed E-state index contributed by atoms with van der Waals surface area (Å²) in [7, 11) is 0. The van der Waals surface area contributed by atoms with Crippen LogP contribution >= 0.6 is 0 Å². The highest BCUT2D eigenvalue weighted by Crippen LogP contribution is 2.37. The van der Waals surface area contributed by atoms with Crippen LogP contribution in [-0.4, -0.2) is 45.7 Å². The Morgan fingerprint density at radius 2 is 1.86 bits per heavy atom. The van der Waals surface area contributed by atoms with Crippen LogP contribution in [0.1, 0.15) is 43.0 Å². The molecule has 1 aromatic heterocycles. The van der Waals surface area contributed by atoms with Crippen molar-refractivity contribution < 1.29 is 19.4 Å². The van der Waals surface area contributed by atoms with Gasteiger partial charge in [0.05, 0.1) is 0 Å². The number of amides is 1. The second-order valence-electron chi connectivity index (χ2n) is 5.79. The standard InChI is InChI=1S/C15H19N3O4/c19-14(11-3-4-12(22-11)15(20)21)16-6-5-9-7-17-13(18-8-9)10-1-2-10/h7-8,10-12H,1-6H2,(H,16,19)(H,20,21)/t11-,12+/m0/s1. The number of carbonyl (C=O) groups is 2. The van der Waals surface area contributed by atoms with E-state index in [2.05, 4.69) is 15.3 Å². The molecule has 2 aliphatic rings. The smallest absolute Gasteiger partial charge is 0.332 e. The monoisotopic (exact) mass is 305 g/mol. The topological polar surface area (TPSA) is 101 Å². The zero-order valence-corrected chi connectivity index (χ0v) is 12.2. The Morgan fingerprint density at radius 3 is 2.45 bits per heavy atom. The summed E-state index contributed by atoms with van der Waals surface area (Å²) in [4.78, 5) is 31.3. The molecule has 2 heterocycles. The van der Waals surface area contributed by atoms with E-state index in [0.717, 1.165) is 11.4 Å². The molecule has 1 saturated heterocycles. The summed E-state index contributed by atoms with van der Waals surface area (Å²) in [5.74, 6) is 0.185. The molecular weight excluding hydrogens is 286 g/mol. The molecule has 0 unspecified atom stereocenters. The van der Waals surface area contributed by atoms with E-state index < -0.39 is 18.2 Å². The highest BCUT2D eigenvalue weighted by molar-refractivity contribution is 5.82. The summed E-state index contributed by atoms with van der Waals surface area (Å²) in [5, 5.41) is 11.6. The Labute approximate surface area is 128 Å². The maximum atomic E-state index is 11.9. The van der Waals surface area contributed by atoms with E-state index in [4.69, 9.17) is 9.84 Å². The molecule has 3 rings (SSSR count). The lowest BCUT2D eigenvalue weighted by molar-refractivity contribution is -0.151. The Hall–Kier alpha value is -2.02. The van der Waals surface area contributed by atoms with E-state index in [1.807, 2.05) is 0 Å². The van der Waals surface area contributed by atoms with Gasteiger partial charge in [-0.2, -0.15) is 0 Å². The number of ether oxygens (including phenoxy) is 1. The van der Waals surface area contributed by atoms with E-state index in [0.29, 0.717) is 31.7 Å². The van der Waals surface area contributed by atoms with Crippen molar-refractivity contribution in [2.24, 2.45) is 0 Å². The zero-order chi connectivity index (χ0) is 15.5. The predicted molar refractivity (Wildman–Crippen MR) is 76.3 cm³/mol. The molecule has 7 heteroatoms. The van der Waals surface area contributed by atoms with E-state index in [-0.39, 0.29) is 5.91 Å². The Bertz CT molecular complexity index is 556. The van der Waals surface area contributed by atoms with Gasteiger partial charge in [0.1, 0.15) is 11.9 Å². The molecular formula is C15H19N3O4. The molecule has 2 atom stereocenters. The third kappa shape index (κ3) is 3.59. The molecule has 0 spiro atoms. The molecule has 7 nitrogen and oxygen atoms in total. The number of carboxylic acid groups (broad SMARTS) is 1. The second-order valence-corrected chi connectivity index (χ2v) is 5.79. The van der Waals surface area contributed by atoms with Gasteiger partial charge in [-0.05, 0) is 37.7 Å². The first-order chi connectivity index (χ1) is 10.6. The van der Waals surface area contributed by atoms with Crippen LogP contribution in [0.15, 0.2) is 12.4 Å². The molecule has 1 saturated carbocycles. The first-order valence-electron chi connectivity index (χ1n) is 7.60. The quantitative estimate of drug-likeness (QED) is 0.800. The lowest BCUT2D eigenvalue weighted by Gasteiger charge is -2.11. The zero-order valence-electron chi connectivity index (χ0n) is 12.2. The number of carbonyl (C=O) groups excluding carboxylic acids is 1. The third-order valence-corrected chi connectivity index (χ3v) is 3.97. The minimum atomic E-state index is -1.01. The number of aromatic nitrogens is 2. The summed E-state index contributed by atoms with van der Waals surface area (Å²) in [6.07, 6.45) is 5.91. The highest BCUT2D eigenvalue weighted by Gasteiger charge is 2.34. The van der Waals surface area contributed by atoms with Crippen molar-refractivity contribution in [2.75, 3.05) is 6.54 Å². The molecule has 118 valence electrons. The average Bonchev–Trinajstić information content (AvgIpc) is 3.23. The van der Waals surface area contributed by atoms with E-state index in [9.17, 15) is 9.59 Å². The van der Waals surface area contributed by atoms with Crippen LogP contribution in [0.5, 0.6) is 0 Å². The fraction of sp³-hybridized carbons (Fsp3) is 0.600. The van der Waals surface area contributed by atoms with Crippen LogP contribution in [0.4, 0.5) is 0 Å². The van der Waals surface area contributed by atoms with Gasteiger partial charge in [0.2, 0.25) is 5.91 Å². The lowest BCUT2D eigenvalue weighted by Crippen LogP contribution is -2.36. The minimum absolute atomic E-state index is 0.251. The van der Waals surface area contributed by atoms with Crippen molar-refractivity contribution in [1.82, 2.24) is 15.3 Å². The molecule has 1 amide bonds. The fourth-order valence-electron chi connectivity index (χ4n) is 2.50. The maximum absolute atomic E-state index is 11.9. The van der Waals surface area contributed by atoms with Crippen molar-refractivity contribution >= 4 is 11.9 Å². The maximum Gasteiger partial charge on any atom is 0.332 e. The van der Waals surface area contributed by atoms with Crippen LogP contribution in [0.2, 0.25) is 0 Å². The Morgan fingerprint density at radius 1 is 1.18 bits per heavy atom. The second kappa shape index (κ2) is 6.39.